The summed E-state index contributed by atoms with van der Waals surface area (Å²) in [6.07, 6.45) is 4.86. The maximum Gasteiger partial charge on any atom is 0.182 e. The number of nitrogens with one attached hydrogen (secondary N) is 1. The summed E-state index contributed by atoms with van der Waals surface area (Å²) in [5, 5.41) is 4.21. The van der Waals surface area contributed by atoms with Crippen LogP contribution >= 0.6 is 15.9 Å². The molecule has 0 aliphatic heterocycles. The van der Waals surface area contributed by atoms with Crippen LogP contribution < -0.4 is 0 Å². The first-order valence-corrected chi connectivity index (χ1v) is 4.99. The van der Waals surface area contributed by atoms with E-state index in [-0.39, 0.29) is 0 Å². The van der Waals surface area contributed by atoms with Crippen LogP contribution in [-0.4, -0.2) is 29.7 Å². The number of hydrogen-bond acceptors (Lipinski definition) is 4. The third-order valence-electron chi connectivity index (χ3n) is 1.98. The fourth-order valence-electron chi connectivity index (χ4n) is 1.35. The largest absolute Gasteiger partial charge is 0.340 e. The van der Waals surface area contributed by atoms with Gasteiger partial charge < -0.3 is 4.98 Å². The molecule has 0 unspecified atom stereocenters. The van der Waals surface area contributed by atoms with Gasteiger partial charge in [0.1, 0.15) is 16.4 Å². The standard InChI is InChI=1S/C8H5BrN6/c9-5-1-2-15(14-5)8-6-7(11-3-10-6)12-4-13-8/h1-4H,(H,10,11,12,13). The maximum absolute atomic E-state index is 4.21. The Kier molecular flexibility index (Phi) is 1.78. The van der Waals surface area contributed by atoms with Gasteiger partial charge in [0.05, 0.1) is 6.33 Å². The third-order valence-corrected chi connectivity index (χ3v) is 2.40. The monoisotopic (exact) mass is 264 g/mol. The van der Waals surface area contributed by atoms with Gasteiger partial charge in [0.2, 0.25) is 0 Å². The Hall–Kier alpha value is -1.76. The molecule has 0 atom stereocenters. The van der Waals surface area contributed by atoms with E-state index in [1.54, 1.807) is 11.0 Å². The Morgan fingerprint density at radius 1 is 1.27 bits per heavy atom. The zero-order valence-corrected chi connectivity index (χ0v) is 9.01. The molecule has 0 amide bonds. The lowest BCUT2D eigenvalue weighted by Crippen LogP contribution is -1.99. The Morgan fingerprint density at radius 2 is 2.20 bits per heavy atom. The van der Waals surface area contributed by atoms with Gasteiger partial charge in [0, 0.05) is 6.20 Å². The van der Waals surface area contributed by atoms with Crippen molar-refractivity contribution in [1.82, 2.24) is 29.7 Å². The van der Waals surface area contributed by atoms with Gasteiger partial charge in [-0.15, -0.1) is 0 Å². The van der Waals surface area contributed by atoms with E-state index in [0.717, 1.165) is 10.1 Å². The highest BCUT2D eigenvalue weighted by molar-refractivity contribution is 9.10. The van der Waals surface area contributed by atoms with E-state index < -0.39 is 0 Å². The normalized spacial score (nSPS) is 11.0. The number of rotatable bonds is 1. The zero-order chi connectivity index (χ0) is 10.3. The highest BCUT2D eigenvalue weighted by Gasteiger charge is 2.08. The number of nitrogens with zero attached hydrogens (tertiary/aromatic N) is 5. The van der Waals surface area contributed by atoms with Crippen molar-refractivity contribution in [2.24, 2.45) is 0 Å². The molecular formula is C8H5BrN6. The van der Waals surface area contributed by atoms with E-state index in [4.69, 9.17) is 0 Å². The summed E-state index contributed by atoms with van der Waals surface area (Å²) in [6, 6.07) is 1.84. The molecule has 7 heteroatoms. The summed E-state index contributed by atoms with van der Waals surface area (Å²) in [4.78, 5) is 15.2. The molecule has 3 aromatic heterocycles. The highest BCUT2D eigenvalue weighted by Crippen LogP contribution is 2.15. The Morgan fingerprint density at radius 3 is 3.00 bits per heavy atom. The molecule has 15 heavy (non-hydrogen) atoms. The lowest BCUT2D eigenvalue weighted by atomic mass is 10.5. The van der Waals surface area contributed by atoms with Crippen LogP contribution in [0.3, 0.4) is 0 Å². The second kappa shape index (κ2) is 3.13. The number of H-pyrrole nitrogens is 1. The van der Waals surface area contributed by atoms with E-state index in [9.17, 15) is 0 Å². The molecule has 0 aromatic carbocycles. The SMILES string of the molecule is Brc1ccn(-c2ncnc3nc[nH]c23)n1. The molecule has 0 aliphatic rings. The fourth-order valence-corrected chi connectivity index (χ4v) is 1.63. The van der Waals surface area contributed by atoms with Gasteiger partial charge in [0.15, 0.2) is 11.5 Å². The van der Waals surface area contributed by atoms with Crippen molar-refractivity contribution >= 4 is 27.1 Å². The minimum Gasteiger partial charge on any atom is -0.340 e. The topological polar surface area (TPSA) is 72.3 Å². The minimum absolute atomic E-state index is 0.631. The van der Waals surface area contributed by atoms with Crippen molar-refractivity contribution in [2.45, 2.75) is 0 Å². The number of imidazole rings is 1. The van der Waals surface area contributed by atoms with Crippen LogP contribution in [0, 0.1) is 0 Å². The van der Waals surface area contributed by atoms with Crippen molar-refractivity contribution in [3.63, 3.8) is 0 Å². The molecule has 0 fully saturated rings. The highest BCUT2D eigenvalue weighted by atomic mass is 79.9. The molecule has 0 saturated heterocycles. The van der Waals surface area contributed by atoms with Crippen LogP contribution in [0.5, 0.6) is 0 Å². The van der Waals surface area contributed by atoms with E-state index in [0.29, 0.717) is 11.5 Å². The first kappa shape index (κ1) is 8.54. The summed E-state index contributed by atoms with van der Waals surface area (Å²) < 4.78 is 2.42. The van der Waals surface area contributed by atoms with Crippen molar-refractivity contribution in [3.05, 3.63) is 29.5 Å². The molecule has 1 N–H and O–H groups in total. The van der Waals surface area contributed by atoms with E-state index >= 15 is 0 Å². The van der Waals surface area contributed by atoms with Crippen molar-refractivity contribution in [1.29, 1.82) is 0 Å². The van der Waals surface area contributed by atoms with E-state index in [1.807, 2.05) is 12.3 Å². The van der Waals surface area contributed by atoms with Gasteiger partial charge in [-0.2, -0.15) is 5.10 Å². The van der Waals surface area contributed by atoms with Gasteiger partial charge in [-0.1, -0.05) is 0 Å². The van der Waals surface area contributed by atoms with Gasteiger partial charge in [-0.05, 0) is 22.0 Å². The molecule has 0 spiro atoms. The predicted octanol–water partition coefficient (Wildman–Crippen LogP) is 1.30. The number of halogens is 1. The number of aromatic nitrogens is 6. The summed E-state index contributed by atoms with van der Waals surface area (Å²) in [6.45, 7) is 0. The van der Waals surface area contributed by atoms with Gasteiger partial charge in [0.25, 0.3) is 0 Å². The second-order valence-corrected chi connectivity index (χ2v) is 3.69. The second-order valence-electron chi connectivity index (χ2n) is 2.88. The van der Waals surface area contributed by atoms with Crippen LogP contribution in [0.25, 0.3) is 17.0 Å². The first-order valence-electron chi connectivity index (χ1n) is 4.20. The Bertz CT molecular complexity index is 612. The van der Waals surface area contributed by atoms with Crippen LogP contribution in [0.2, 0.25) is 0 Å². The average Bonchev–Trinajstić information content (AvgIpc) is 2.84. The molecule has 74 valence electrons. The lowest BCUT2D eigenvalue weighted by molar-refractivity contribution is 0.840. The molecule has 3 rings (SSSR count). The Labute approximate surface area is 92.5 Å². The summed E-state index contributed by atoms with van der Waals surface area (Å²) in [5.41, 5.74) is 1.40. The number of fused-ring (bicyclic) bond motifs is 1. The van der Waals surface area contributed by atoms with Gasteiger partial charge in [-0.3, -0.25) is 0 Å². The van der Waals surface area contributed by atoms with Crippen molar-refractivity contribution in [2.75, 3.05) is 0 Å². The van der Waals surface area contributed by atoms with Crippen molar-refractivity contribution < 1.29 is 0 Å². The van der Waals surface area contributed by atoms with Crippen LogP contribution in [0.1, 0.15) is 0 Å². The average molecular weight is 265 g/mol. The molecule has 0 aliphatic carbocycles. The molecule has 0 bridgehead atoms. The van der Waals surface area contributed by atoms with E-state index in [1.165, 1.54) is 6.33 Å². The minimum atomic E-state index is 0.631. The molecule has 3 aromatic rings. The molecule has 0 saturated carbocycles. The molecule has 0 radical (unpaired) electrons. The van der Waals surface area contributed by atoms with Crippen LogP contribution in [0.4, 0.5) is 0 Å². The lowest BCUT2D eigenvalue weighted by Gasteiger charge is -1.99. The fraction of sp³-hybridized carbons (Fsp3) is 0. The number of aromatic amines is 1. The smallest absolute Gasteiger partial charge is 0.182 e. The molecule has 6 nitrogen and oxygen atoms in total. The Balaban J connectivity index is 2.30. The summed E-state index contributed by atoms with van der Waals surface area (Å²) in [5.74, 6) is 0.684. The molecular weight excluding hydrogens is 260 g/mol. The summed E-state index contributed by atoms with van der Waals surface area (Å²) >= 11 is 3.28. The maximum atomic E-state index is 4.21. The quantitative estimate of drug-likeness (QED) is 0.719. The van der Waals surface area contributed by atoms with Crippen LogP contribution in [0.15, 0.2) is 29.5 Å². The molecule has 3 heterocycles. The zero-order valence-electron chi connectivity index (χ0n) is 7.42. The van der Waals surface area contributed by atoms with Crippen LogP contribution in [-0.2, 0) is 0 Å². The third kappa shape index (κ3) is 1.32. The summed E-state index contributed by atoms with van der Waals surface area (Å²) in [7, 11) is 0. The predicted molar refractivity (Wildman–Crippen MR) is 56.5 cm³/mol. The first-order chi connectivity index (χ1) is 7.34. The van der Waals surface area contributed by atoms with Crippen molar-refractivity contribution in [3.8, 4) is 5.82 Å². The van der Waals surface area contributed by atoms with Gasteiger partial charge in [-0.25, -0.2) is 19.6 Å². The number of hydrogen-bond donors (Lipinski definition) is 1. The van der Waals surface area contributed by atoms with E-state index in [2.05, 4.69) is 41.0 Å². The van der Waals surface area contributed by atoms with Gasteiger partial charge >= 0.3 is 0 Å².